The zero-order valence-corrected chi connectivity index (χ0v) is 13.0. The fourth-order valence-corrected chi connectivity index (χ4v) is 1.87. The van der Waals surface area contributed by atoms with E-state index in [-0.39, 0.29) is 12.5 Å². The molecule has 0 aromatic heterocycles. The van der Waals surface area contributed by atoms with Crippen molar-refractivity contribution in [2.24, 2.45) is 0 Å². The van der Waals surface area contributed by atoms with Crippen molar-refractivity contribution in [3.8, 4) is 17.2 Å². The molecule has 116 valence electrons. The van der Waals surface area contributed by atoms with Gasteiger partial charge in [0.05, 0.1) is 14.2 Å². The molecule has 0 aliphatic carbocycles. The molecule has 0 radical (unpaired) electrons. The third-order valence-corrected chi connectivity index (χ3v) is 3.07. The molecule has 0 spiro atoms. The van der Waals surface area contributed by atoms with Crippen LogP contribution in [0.5, 0.6) is 17.2 Å². The molecule has 22 heavy (non-hydrogen) atoms. The van der Waals surface area contributed by atoms with Crippen molar-refractivity contribution in [3.63, 3.8) is 0 Å². The van der Waals surface area contributed by atoms with Gasteiger partial charge in [-0.25, -0.2) is 0 Å². The van der Waals surface area contributed by atoms with Gasteiger partial charge in [0, 0.05) is 28.9 Å². The van der Waals surface area contributed by atoms with Crippen LogP contribution < -0.4 is 19.5 Å². The van der Waals surface area contributed by atoms with Crippen LogP contribution in [-0.2, 0) is 4.79 Å². The van der Waals surface area contributed by atoms with Crippen LogP contribution in [0.3, 0.4) is 0 Å². The summed E-state index contributed by atoms with van der Waals surface area (Å²) < 4.78 is 15.7. The number of benzene rings is 2. The Labute approximate surface area is 133 Å². The summed E-state index contributed by atoms with van der Waals surface area (Å²) in [7, 11) is 3.09. The number of methoxy groups -OCH3 is 2. The monoisotopic (exact) mass is 321 g/mol. The molecule has 0 atom stereocenters. The van der Waals surface area contributed by atoms with E-state index in [2.05, 4.69) is 5.32 Å². The summed E-state index contributed by atoms with van der Waals surface area (Å²) in [5.41, 5.74) is 0.654. The molecule has 2 aromatic rings. The van der Waals surface area contributed by atoms with Crippen LogP contribution in [0.4, 0.5) is 5.69 Å². The van der Waals surface area contributed by atoms with Gasteiger partial charge in [0.2, 0.25) is 0 Å². The first-order chi connectivity index (χ1) is 10.6. The Hall–Kier alpha value is -2.40. The van der Waals surface area contributed by atoms with Crippen molar-refractivity contribution >= 4 is 23.2 Å². The van der Waals surface area contributed by atoms with E-state index in [4.69, 9.17) is 25.8 Å². The Morgan fingerprint density at radius 3 is 2.09 bits per heavy atom. The first-order valence-electron chi connectivity index (χ1n) is 6.52. The standard InChI is InChI=1S/C16H16ClNO4/c1-20-13-7-14(21-2)9-15(8-13)22-10-16(19)18-12-5-3-11(17)4-6-12/h3-9H,10H2,1-2H3,(H,18,19). The summed E-state index contributed by atoms with van der Waals surface area (Å²) in [4.78, 5) is 11.8. The Morgan fingerprint density at radius 2 is 1.55 bits per heavy atom. The highest BCUT2D eigenvalue weighted by Gasteiger charge is 2.07. The van der Waals surface area contributed by atoms with Crippen molar-refractivity contribution < 1.29 is 19.0 Å². The maximum absolute atomic E-state index is 11.8. The van der Waals surface area contributed by atoms with Crippen LogP contribution >= 0.6 is 11.6 Å². The molecule has 1 amide bonds. The van der Waals surface area contributed by atoms with Gasteiger partial charge in [-0.2, -0.15) is 0 Å². The molecule has 0 heterocycles. The number of amides is 1. The minimum Gasteiger partial charge on any atom is -0.496 e. The molecule has 0 bridgehead atoms. The van der Waals surface area contributed by atoms with E-state index in [1.807, 2.05) is 0 Å². The van der Waals surface area contributed by atoms with Gasteiger partial charge in [0.15, 0.2) is 6.61 Å². The van der Waals surface area contributed by atoms with Gasteiger partial charge < -0.3 is 19.5 Å². The molecule has 0 saturated carbocycles. The van der Waals surface area contributed by atoms with Gasteiger partial charge in [-0.1, -0.05) is 11.6 Å². The van der Waals surface area contributed by atoms with Gasteiger partial charge in [0.1, 0.15) is 17.2 Å². The van der Waals surface area contributed by atoms with E-state index in [0.29, 0.717) is 28.0 Å². The van der Waals surface area contributed by atoms with Crippen LogP contribution in [0.25, 0.3) is 0 Å². The Morgan fingerprint density at radius 1 is 1.00 bits per heavy atom. The van der Waals surface area contributed by atoms with Crippen LogP contribution in [0, 0.1) is 0 Å². The number of anilines is 1. The van der Waals surface area contributed by atoms with Crippen LogP contribution in [0.2, 0.25) is 5.02 Å². The molecule has 5 nitrogen and oxygen atoms in total. The summed E-state index contributed by atoms with van der Waals surface area (Å²) in [6.07, 6.45) is 0. The number of rotatable bonds is 6. The Kier molecular flexibility index (Phi) is 5.49. The number of carbonyl (C=O) groups is 1. The second kappa shape index (κ2) is 7.56. The van der Waals surface area contributed by atoms with Gasteiger partial charge >= 0.3 is 0 Å². The number of hydrogen-bond donors (Lipinski definition) is 1. The smallest absolute Gasteiger partial charge is 0.262 e. The lowest BCUT2D eigenvalue weighted by Gasteiger charge is -2.10. The molecule has 0 unspecified atom stereocenters. The molecular formula is C16H16ClNO4. The second-order valence-corrected chi connectivity index (χ2v) is 4.83. The Balaban J connectivity index is 1.94. The van der Waals surface area contributed by atoms with E-state index in [1.165, 1.54) is 0 Å². The highest BCUT2D eigenvalue weighted by molar-refractivity contribution is 6.30. The Bertz CT molecular complexity index is 621. The lowest BCUT2D eigenvalue weighted by Crippen LogP contribution is -2.20. The number of hydrogen-bond acceptors (Lipinski definition) is 4. The van der Waals surface area contributed by atoms with Crippen LogP contribution in [-0.4, -0.2) is 26.7 Å². The number of halogens is 1. The van der Waals surface area contributed by atoms with Gasteiger partial charge in [-0.05, 0) is 24.3 Å². The first-order valence-corrected chi connectivity index (χ1v) is 6.90. The maximum Gasteiger partial charge on any atom is 0.262 e. The van der Waals surface area contributed by atoms with Crippen LogP contribution in [0.15, 0.2) is 42.5 Å². The molecule has 1 N–H and O–H groups in total. The fourth-order valence-electron chi connectivity index (χ4n) is 1.74. The predicted octanol–water partition coefficient (Wildman–Crippen LogP) is 3.37. The molecule has 0 saturated heterocycles. The number of carbonyl (C=O) groups excluding carboxylic acids is 1. The largest absolute Gasteiger partial charge is 0.496 e. The van der Waals surface area contributed by atoms with Crippen molar-refractivity contribution in [1.82, 2.24) is 0 Å². The van der Waals surface area contributed by atoms with Gasteiger partial charge in [0.25, 0.3) is 5.91 Å². The molecule has 2 rings (SSSR count). The van der Waals surface area contributed by atoms with E-state index < -0.39 is 0 Å². The SMILES string of the molecule is COc1cc(OC)cc(OCC(=O)Nc2ccc(Cl)cc2)c1. The van der Waals surface area contributed by atoms with E-state index in [0.717, 1.165) is 0 Å². The van der Waals surface area contributed by atoms with Crippen LogP contribution in [0.1, 0.15) is 0 Å². The lowest BCUT2D eigenvalue weighted by molar-refractivity contribution is -0.118. The summed E-state index contributed by atoms with van der Waals surface area (Å²) >= 11 is 5.79. The summed E-state index contributed by atoms with van der Waals surface area (Å²) in [6, 6.07) is 11.9. The van der Waals surface area contributed by atoms with Crippen molar-refractivity contribution in [2.75, 3.05) is 26.1 Å². The molecule has 0 aliphatic heterocycles. The van der Waals surface area contributed by atoms with E-state index >= 15 is 0 Å². The van der Waals surface area contributed by atoms with Gasteiger partial charge in [-0.3, -0.25) is 4.79 Å². The number of nitrogens with one attached hydrogen (secondary N) is 1. The maximum atomic E-state index is 11.8. The third-order valence-electron chi connectivity index (χ3n) is 2.82. The lowest BCUT2D eigenvalue weighted by atomic mass is 10.3. The minimum atomic E-state index is -0.274. The molecule has 0 aliphatic rings. The summed E-state index contributed by atoms with van der Waals surface area (Å²) in [5.74, 6) is 1.39. The molecular weight excluding hydrogens is 306 g/mol. The number of ether oxygens (including phenoxy) is 3. The zero-order valence-electron chi connectivity index (χ0n) is 12.3. The average molecular weight is 322 g/mol. The molecule has 6 heteroatoms. The highest BCUT2D eigenvalue weighted by atomic mass is 35.5. The van der Waals surface area contributed by atoms with E-state index in [9.17, 15) is 4.79 Å². The first kappa shape index (κ1) is 16.0. The quantitative estimate of drug-likeness (QED) is 0.886. The van der Waals surface area contributed by atoms with E-state index in [1.54, 1.807) is 56.7 Å². The fraction of sp³-hybridized carbons (Fsp3) is 0.188. The van der Waals surface area contributed by atoms with Crippen molar-refractivity contribution in [1.29, 1.82) is 0 Å². The van der Waals surface area contributed by atoms with Crippen molar-refractivity contribution in [2.45, 2.75) is 0 Å². The zero-order chi connectivity index (χ0) is 15.9. The normalized spacial score (nSPS) is 9.95. The summed E-state index contributed by atoms with van der Waals surface area (Å²) in [5, 5.41) is 3.32. The average Bonchev–Trinajstić information content (AvgIpc) is 2.54. The topological polar surface area (TPSA) is 56.8 Å². The summed E-state index contributed by atoms with van der Waals surface area (Å²) in [6.45, 7) is -0.126. The molecule has 2 aromatic carbocycles. The predicted molar refractivity (Wildman–Crippen MR) is 85.1 cm³/mol. The molecule has 0 fully saturated rings. The second-order valence-electron chi connectivity index (χ2n) is 4.39. The van der Waals surface area contributed by atoms with Crippen molar-refractivity contribution in [3.05, 3.63) is 47.5 Å². The minimum absolute atomic E-state index is 0.126. The highest BCUT2D eigenvalue weighted by Crippen LogP contribution is 2.27. The third kappa shape index (κ3) is 4.56. The van der Waals surface area contributed by atoms with Gasteiger partial charge in [-0.15, -0.1) is 0 Å².